The number of aromatic hydroxyl groups is 1. The third kappa shape index (κ3) is 2.69. The topological polar surface area (TPSA) is 88.7 Å². The fraction of sp³-hybridized carbons (Fsp3) is 0.375. The third-order valence-electron chi connectivity index (χ3n) is 4.00. The summed E-state index contributed by atoms with van der Waals surface area (Å²) in [5, 5.41) is 12.3. The predicted octanol–water partition coefficient (Wildman–Crippen LogP) is 2.47. The summed E-state index contributed by atoms with van der Waals surface area (Å²) in [7, 11) is 0. The Hall–Kier alpha value is -2.34. The lowest BCUT2D eigenvalue weighted by atomic mass is 10.1. The Bertz CT molecular complexity index is 717. The van der Waals surface area contributed by atoms with Gasteiger partial charge in [0.2, 0.25) is 0 Å². The van der Waals surface area contributed by atoms with Gasteiger partial charge < -0.3 is 15.7 Å². The van der Waals surface area contributed by atoms with Crippen LogP contribution in [0.1, 0.15) is 36.7 Å². The van der Waals surface area contributed by atoms with Crippen molar-refractivity contribution in [1.82, 2.24) is 10.0 Å². The number of anilines is 1. The van der Waals surface area contributed by atoms with Crippen LogP contribution in [0.15, 0.2) is 24.3 Å². The predicted molar refractivity (Wildman–Crippen MR) is 83.3 cm³/mol. The smallest absolute Gasteiger partial charge is 0.375 e. The van der Waals surface area contributed by atoms with E-state index in [1.807, 2.05) is 6.92 Å². The molecule has 3 rings (SSSR count). The number of hydrogen-bond acceptors (Lipinski definition) is 6. The molecular formula is C16H19N3O3. The van der Waals surface area contributed by atoms with E-state index in [1.54, 1.807) is 23.3 Å². The maximum Gasteiger partial charge on any atom is 0.375 e. The van der Waals surface area contributed by atoms with Gasteiger partial charge in [-0.15, -0.1) is 5.06 Å². The molecule has 2 heterocycles. The van der Waals surface area contributed by atoms with E-state index in [9.17, 15) is 9.90 Å². The first-order valence-corrected chi connectivity index (χ1v) is 7.43. The van der Waals surface area contributed by atoms with Gasteiger partial charge in [0.05, 0.1) is 11.2 Å². The molecule has 1 aliphatic heterocycles. The van der Waals surface area contributed by atoms with Crippen molar-refractivity contribution in [3.63, 3.8) is 0 Å². The average molecular weight is 301 g/mol. The van der Waals surface area contributed by atoms with Crippen molar-refractivity contribution in [2.45, 2.75) is 32.2 Å². The van der Waals surface area contributed by atoms with Gasteiger partial charge in [-0.2, -0.15) is 0 Å². The monoisotopic (exact) mass is 301 g/mol. The van der Waals surface area contributed by atoms with Gasteiger partial charge in [0.25, 0.3) is 0 Å². The molecule has 0 aliphatic carbocycles. The summed E-state index contributed by atoms with van der Waals surface area (Å²) in [6, 6.07) is 6.62. The minimum Gasteiger partial charge on any atom is -0.507 e. The SMILES string of the molecule is CC1CCCCN1OC(=O)c1cc(O)c2cccc(N)c2n1. The second-order valence-electron chi connectivity index (χ2n) is 5.63. The minimum atomic E-state index is -0.575. The zero-order valence-electron chi connectivity index (χ0n) is 12.5. The summed E-state index contributed by atoms with van der Waals surface area (Å²) in [5.41, 5.74) is 6.74. The first kappa shape index (κ1) is 14.6. The van der Waals surface area contributed by atoms with Crippen molar-refractivity contribution < 1.29 is 14.7 Å². The van der Waals surface area contributed by atoms with Gasteiger partial charge in [0, 0.05) is 24.0 Å². The number of fused-ring (bicyclic) bond motifs is 1. The Kier molecular flexibility index (Phi) is 3.85. The summed E-state index contributed by atoms with van der Waals surface area (Å²) in [6.45, 7) is 2.74. The lowest BCUT2D eigenvalue weighted by molar-refractivity contribution is -0.146. The molecule has 1 unspecified atom stereocenters. The van der Waals surface area contributed by atoms with E-state index in [-0.39, 0.29) is 17.5 Å². The molecule has 1 aromatic heterocycles. The Balaban J connectivity index is 1.89. The molecule has 116 valence electrons. The molecule has 22 heavy (non-hydrogen) atoms. The van der Waals surface area contributed by atoms with Gasteiger partial charge in [-0.25, -0.2) is 9.78 Å². The first-order valence-electron chi connectivity index (χ1n) is 7.43. The molecule has 0 bridgehead atoms. The van der Waals surface area contributed by atoms with E-state index in [0.29, 0.717) is 23.1 Å². The zero-order valence-corrected chi connectivity index (χ0v) is 12.5. The van der Waals surface area contributed by atoms with Crippen molar-refractivity contribution >= 4 is 22.6 Å². The van der Waals surface area contributed by atoms with E-state index in [0.717, 1.165) is 19.3 Å². The quantitative estimate of drug-likeness (QED) is 0.828. The second-order valence-corrected chi connectivity index (χ2v) is 5.63. The van der Waals surface area contributed by atoms with Crippen LogP contribution < -0.4 is 5.73 Å². The number of hydroxylamine groups is 2. The number of piperidine rings is 1. The second kappa shape index (κ2) is 5.81. The number of nitrogens with two attached hydrogens (primary N) is 1. The number of aromatic nitrogens is 1. The standard InChI is InChI=1S/C16H19N3O3/c1-10-5-2-3-8-19(10)22-16(21)13-9-14(20)11-6-4-7-12(17)15(11)18-13/h4,6-7,9-10H,2-3,5,8,17H2,1H3,(H,18,20). The van der Waals surface area contributed by atoms with Gasteiger partial charge >= 0.3 is 5.97 Å². The number of carbonyl (C=O) groups is 1. The highest BCUT2D eigenvalue weighted by Crippen LogP contribution is 2.28. The molecule has 0 amide bonds. The van der Waals surface area contributed by atoms with Gasteiger partial charge in [-0.3, -0.25) is 0 Å². The van der Waals surface area contributed by atoms with Crippen LogP contribution in [0.3, 0.4) is 0 Å². The van der Waals surface area contributed by atoms with Gasteiger partial charge in [0.1, 0.15) is 5.75 Å². The fourth-order valence-electron chi connectivity index (χ4n) is 2.72. The van der Waals surface area contributed by atoms with Crippen LogP contribution in [0.25, 0.3) is 10.9 Å². The van der Waals surface area contributed by atoms with Crippen LogP contribution >= 0.6 is 0 Å². The largest absolute Gasteiger partial charge is 0.507 e. The Morgan fingerprint density at radius 2 is 2.27 bits per heavy atom. The lowest BCUT2D eigenvalue weighted by Crippen LogP contribution is -2.39. The van der Waals surface area contributed by atoms with E-state index in [4.69, 9.17) is 10.6 Å². The molecule has 3 N–H and O–H groups in total. The molecule has 0 saturated carbocycles. The molecule has 1 aliphatic rings. The zero-order chi connectivity index (χ0) is 15.7. The van der Waals surface area contributed by atoms with Crippen LogP contribution in [0.5, 0.6) is 5.75 Å². The van der Waals surface area contributed by atoms with Gasteiger partial charge in [-0.05, 0) is 31.9 Å². The summed E-state index contributed by atoms with van der Waals surface area (Å²) in [4.78, 5) is 21.9. The molecule has 1 fully saturated rings. The number of pyridine rings is 1. The van der Waals surface area contributed by atoms with E-state index in [1.165, 1.54) is 6.07 Å². The molecule has 0 radical (unpaired) electrons. The van der Waals surface area contributed by atoms with Crippen molar-refractivity contribution in [3.05, 3.63) is 30.0 Å². The highest BCUT2D eigenvalue weighted by molar-refractivity contribution is 5.98. The van der Waals surface area contributed by atoms with Gasteiger partial charge in [0.15, 0.2) is 5.69 Å². The van der Waals surface area contributed by atoms with E-state index < -0.39 is 5.97 Å². The van der Waals surface area contributed by atoms with Crippen LogP contribution in [0.2, 0.25) is 0 Å². The van der Waals surface area contributed by atoms with Crippen LogP contribution in [0, 0.1) is 0 Å². The summed E-state index contributed by atoms with van der Waals surface area (Å²) in [6.07, 6.45) is 3.14. The van der Waals surface area contributed by atoms with Crippen molar-refractivity contribution in [2.24, 2.45) is 0 Å². The van der Waals surface area contributed by atoms with Crippen LogP contribution in [-0.4, -0.2) is 33.7 Å². The Morgan fingerprint density at radius 1 is 1.45 bits per heavy atom. The highest BCUT2D eigenvalue weighted by Gasteiger charge is 2.24. The number of nitrogen functional groups attached to an aromatic ring is 1. The summed E-state index contributed by atoms with van der Waals surface area (Å²) in [5.74, 6) is -0.606. The maximum absolute atomic E-state index is 12.3. The number of carbonyl (C=O) groups excluding carboxylic acids is 1. The molecular weight excluding hydrogens is 282 g/mol. The normalized spacial score (nSPS) is 19.2. The molecule has 1 aromatic carbocycles. The minimum absolute atomic E-state index is 0.0315. The molecule has 1 saturated heterocycles. The number of hydrogen-bond donors (Lipinski definition) is 2. The third-order valence-corrected chi connectivity index (χ3v) is 4.00. The van der Waals surface area contributed by atoms with Crippen LogP contribution in [0.4, 0.5) is 5.69 Å². The maximum atomic E-state index is 12.3. The summed E-state index contributed by atoms with van der Waals surface area (Å²) < 4.78 is 0. The Morgan fingerprint density at radius 3 is 3.05 bits per heavy atom. The van der Waals surface area contributed by atoms with E-state index >= 15 is 0 Å². The van der Waals surface area contributed by atoms with Crippen molar-refractivity contribution in [3.8, 4) is 5.75 Å². The first-order chi connectivity index (χ1) is 10.6. The number of benzene rings is 1. The molecule has 6 nitrogen and oxygen atoms in total. The number of para-hydroxylation sites is 1. The lowest BCUT2D eigenvalue weighted by Gasteiger charge is -2.31. The fourth-order valence-corrected chi connectivity index (χ4v) is 2.72. The number of rotatable bonds is 2. The van der Waals surface area contributed by atoms with Crippen LogP contribution in [-0.2, 0) is 4.84 Å². The molecule has 6 heteroatoms. The Labute approximate surface area is 128 Å². The van der Waals surface area contributed by atoms with Gasteiger partial charge in [-0.1, -0.05) is 12.5 Å². The average Bonchev–Trinajstić information content (AvgIpc) is 2.50. The molecule has 2 aromatic rings. The van der Waals surface area contributed by atoms with E-state index in [2.05, 4.69) is 4.98 Å². The number of nitrogens with zero attached hydrogens (tertiary/aromatic N) is 2. The molecule has 0 spiro atoms. The summed E-state index contributed by atoms with van der Waals surface area (Å²) >= 11 is 0. The van der Waals surface area contributed by atoms with Crippen molar-refractivity contribution in [1.29, 1.82) is 0 Å². The molecule has 1 atom stereocenters. The highest BCUT2D eigenvalue weighted by atomic mass is 16.7. The van der Waals surface area contributed by atoms with Crippen molar-refractivity contribution in [2.75, 3.05) is 12.3 Å².